The van der Waals surface area contributed by atoms with E-state index in [1.165, 1.54) is 29.5 Å². The van der Waals surface area contributed by atoms with Gasteiger partial charge in [-0.15, -0.1) is 0 Å². The van der Waals surface area contributed by atoms with E-state index in [2.05, 4.69) is 47.0 Å². The fraction of sp³-hybridized carbons (Fsp3) is 0.400. The lowest BCUT2D eigenvalue weighted by molar-refractivity contribution is 0.838. The Morgan fingerprint density at radius 2 is 1.74 bits per heavy atom. The molecule has 0 unspecified atom stereocenters. The summed E-state index contributed by atoms with van der Waals surface area (Å²) in [6, 6.07) is 6.51. The second-order valence-electron chi connectivity index (χ2n) is 5.42. The predicted molar refractivity (Wildman–Crippen MR) is 74.9 cm³/mol. The number of nitrogens with zero attached hydrogens (tertiary/aromatic N) is 3. The minimum atomic E-state index is 0.344. The molecule has 4 nitrogen and oxygen atoms in total. The molecule has 1 fully saturated rings. The Morgan fingerprint density at radius 1 is 1.05 bits per heavy atom. The number of anilines is 1. The van der Waals surface area contributed by atoms with Gasteiger partial charge in [0.2, 0.25) is 5.95 Å². The number of aryl methyl sites for hydroxylation is 2. The maximum atomic E-state index is 5.78. The SMILES string of the molecule is Cc1cc(C)cc(Cc2nc(N)nc(C3CC3)n2)c1. The van der Waals surface area contributed by atoms with Crippen LogP contribution in [0.4, 0.5) is 5.95 Å². The van der Waals surface area contributed by atoms with Crippen LogP contribution in [-0.2, 0) is 6.42 Å². The smallest absolute Gasteiger partial charge is 0.223 e. The lowest BCUT2D eigenvalue weighted by Gasteiger charge is -2.06. The van der Waals surface area contributed by atoms with Crippen LogP contribution in [0.5, 0.6) is 0 Å². The van der Waals surface area contributed by atoms with Gasteiger partial charge in [0.25, 0.3) is 0 Å². The van der Waals surface area contributed by atoms with E-state index in [-0.39, 0.29) is 0 Å². The van der Waals surface area contributed by atoms with Crippen molar-refractivity contribution >= 4 is 5.95 Å². The average molecular weight is 254 g/mol. The van der Waals surface area contributed by atoms with Crippen LogP contribution in [0.1, 0.15) is 47.1 Å². The largest absolute Gasteiger partial charge is 0.368 e. The summed E-state index contributed by atoms with van der Waals surface area (Å²) in [7, 11) is 0. The normalized spacial score (nSPS) is 14.6. The molecule has 1 saturated carbocycles. The van der Waals surface area contributed by atoms with Crippen LogP contribution in [0.3, 0.4) is 0 Å². The maximum Gasteiger partial charge on any atom is 0.223 e. The first-order chi connectivity index (χ1) is 9.10. The van der Waals surface area contributed by atoms with Crippen molar-refractivity contribution in [2.24, 2.45) is 0 Å². The zero-order valence-electron chi connectivity index (χ0n) is 11.3. The van der Waals surface area contributed by atoms with Gasteiger partial charge < -0.3 is 5.73 Å². The van der Waals surface area contributed by atoms with Gasteiger partial charge in [-0.25, -0.2) is 4.98 Å². The number of hydrogen-bond donors (Lipinski definition) is 1. The van der Waals surface area contributed by atoms with Gasteiger partial charge >= 0.3 is 0 Å². The van der Waals surface area contributed by atoms with Crippen LogP contribution >= 0.6 is 0 Å². The number of benzene rings is 1. The van der Waals surface area contributed by atoms with Gasteiger partial charge in [0, 0.05) is 12.3 Å². The van der Waals surface area contributed by atoms with Crippen LogP contribution < -0.4 is 5.73 Å². The Hall–Kier alpha value is -1.97. The molecule has 3 rings (SSSR count). The summed E-state index contributed by atoms with van der Waals surface area (Å²) in [6.07, 6.45) is 3.06. The lowest BCUT2D eigenvalue weighted by Crippen LogP contribution is -2.07. The van der Waals surface area contributed by atoms with Crippen LogP contribution in [0.25, 0.3) is 0 Å². The molecule has 0 radical (unpaired) electrons. The molecule has 2 N–H and O–H groups in total. The third-order valence-electron chi connectivity index (χ3n) is 3.30. The number of hydrogen-bond acceptors (Lipinski definition) is 4. The first kappa shape index (κ1) is 12.1. The van der Waals surface area contributed by atoms with E-state index in [4.69, 9.17) is 5.73 Å². The molecule has 0 aliphatic heterocycles. The molecule has 1 aromatic carbocycles. The van der Waals surface area contributed by atoms with Gasteiger partial charge in [0.05, 0.1) is 0 Å². The zero-order chi connectivity index (χ0) is 13.4. The van der Waals surface area contributed by atoms with E-state index in [9.17, 15) is 0 Å². The Bertz CT molecular complexity index is 597. The highest BCUT2D eigenvalue weighted by Crippen LogP contribution is 2.38. The zero-order valence-corrected chi connectivity index (χ0v) is 11.3. The number of nitrogen functional groups attached to an aromatic ring is 1. The molecule has 0 bridgehead atoms. The molecule has 19 heavy (non-hydrogen) atoms. The predicted octanol–water partition coefficient (Wildman–Crippen LogP) is 2.54. The summed E-state index contributed by atoms with van der Waals surface area (Å²) in [6.45, 7) is 4.21. The molecule has 1 aromatic heterocycles. The van der Waals surface area contributed by atoms with Crippen LogP contribution in [0, 0.1) is 13.8 Å². The topological polar surface area (TPSA) is 64.7 Å². The second-order valence-corrected chi connectivity index (χ2v) is 5.42. The first-order valence-electron chi connectivity index (χ1n) is 6.67. The van der Waals surface area contributed by atoms with Crippen molar-refractivity contribution in [2.45, 2.75) is 39.0 Å². The highest BCUT2D eigenvalue weighted by molar-refractivity contribution is 5.31. The van der Waals surface area contributed by atoms with Gasteiger partial charge in [0.15, 0.2) is 0 Å². The van der Waals surface area contributed by atoms with Gasteiger partial charge in [0.1, 0.15) is 11.6 Å². The summed E-state index contributed by atoms with van der Waals surface area (Å²) in [4.78, 5) is 13.0. The van der Waals surface area contributed by atoms with Gasteiger partial charge in [-0.1, -0.05) is 29.3 Å². The molecule has 0 saturated heterocycles. The number of nitrogens with two attached hydrogens (primary N) is 1. The van der Waals surface area contributed by atoms with Gasteiger partial charge in [-0.05, 0) is 32.3 Å². The minimum absolute atomic E-state index is 0.344. The number of rotatable bonds is 3. The van der Waals surface area contributed by atoms with Crippen molar-refractivity contribution < 1.29 is 0 Å². The lowest BCUT2D eigenvalue weighted by atomic mass is 10.0. The second kappa shape index (κ2) is 4.61. The Kier molecular flexibility index (Phi) is 2.93. The fourth-order valence-corrected chi connectivity index (χ4v) is 2.41. The molecule has 1 aliphatic rings. The monoisotopic (exact) mass is 254 g/mol. The van der Waals surface area contributed by atoms with E-state index >= 15 is 0 Å². The third kappa shape index (κ3) is 2.89. The maximum absolute atomic E-state index is 5.78. The van der Waals surface area contributed by atoms with Crippen molar-refractivity contribution in [3.63, 3.8) is 0 Å². The molecule has 98 valence electrons. The van der Waals surface area contributed by atoms with Crippen LogP contribution in [-0.4, -0.2) is 15.0 Å². The highest BCUT2D eigenvalue weighted by Gasteiger charge is 2.27. The Balaban J connectivity index is 1.89. The Labute approximate surface area is 113 Å². The molecular weight excluding hydrogens is 236 g/mol. The standard InChI is InChI=1S/C15H18N4/c1-9-5-10(2)7-11(6-9)8-13-17-14(12-3-4-12)19-15(16)18-13/h5-7,12H,3-4,8H2,1-2H3,(H2,16,17,18,19). The van der Waals surface area contributed by atoms with Crippen LogP contribution in [0.2, 0.25) is 0 Å². The van der Waals surface area contributed by atoms with Crippen molar-refractivity contribution in [2.75, 3.05) is 5.73 Å². The minimum Gasteiger partial charge on any atom is -0.368 e. The molecule has 0 amide bonds. The molecule has 0 atom stereocenters. The number of aromatic nitrogens is 3. The van der Waals surface area contributed by atoms with Crippen molar-refractivity contribution in [1.82, 2.24) is 15.0 Å². The van der Waals surface area contributed by atoms with E-state index in [0.29, 0.717) is 11.9 Å². The van der Waals surface area contributed by atoms with E-state index in [1.54, 1.807) is 0 Å². The van der Waals surface area contributed by atoms with E-state index in [0.717, 1.165) is 18.1 Å². The van der Waals surface area contributed by atoms with E-state index < -0.39 is 0 Å². The van der Waals surface area contributed by atoms with E-state index in [1.807, 2.05) is 0 Å². The molecule has 4 heteroatoms. The third-order valence-corrected chi connectivity index (χ3v) is 3.30. The summed E-state index contributed by atoms with van der Waals surface area (Å²) < 4.78 is 0. The molecule has 0 spiro atoms. The van der Waals surface area contributed by atoms with Crippen molar-refractivity contribution in [1.29, 1.82) is 0 Å². The Morgan fingerprint density at radius 3 is 2.37 bits per heavy atom. The molecular formula is C15H18N4. The van der Waals surface area contributed by atoms with Crippen molar-refractivity contribution in [3.8, 4) is 0 Å². The van der Waals surface area contributed by atoms with Gasteiger partial charge in [-0.3, -0.25) is 0 Å². The quantitative estimate of drug-likeness (QED) is 0.914. The average Bonchev–Trinajstić information content (AvgIpc) is 3.09. The summed E-state index contributed by atoms with van der Waals surface area (Å²) in [5.74, 6) is 2.49. The van der Waals surface area contributed by atoms with Crippen LogP contribution in [0.15, 0.2) is 18.2 Å². The summed E-state index contributed by atoms with van der Waals surface area (Å²) >= 11 is 0. The molecule has 1 aliphatic carbocycles. The highest BCUT2D eigenvalue weighted by atomic mass is 15.1. The summed E-state index contributed by atoms with van der Waals surface area (Å²) in [5, 5.41) is 0. The molecule has 1 heterocycles. The van der Waals surface area contributed by atoms with Crippen molar-refractivity contribution in [3.05, 3.63) is 46.5 Å². The first-order valence-corrected chi connectivity index (χ1v) is 6.67. The van der Waals surface area contributed by atoms with Gasteiger partial charge in [-0.2, -0.15) is 9.97 Å². The fourth-order valence-electron chi connectivity index (χ4n) is 2.41. The molecule has 2 aromatic rings. The summed E-state index contributed by atoms with van der Waals surface area (Å²) in [5.41, 5.74) is 9.53.